The standard InChI is InChI=1S/C22H29NO6/c1-7-9-14-12-18(24)28-19-13(3)17(11-10-15(14)19)27-20(25)16(8-2)23-21(26)29-22(4,5)6/h10-12,16H,7-9H2,1-6H3,(H,23,26)/t16-/m1/s1. The Bertz CT molecular complexity index is 954. The number of fused-ring (bicyclic) bond motifs is 1. The van der Waals surface area contributed by atoms with Crippen LogP contribution in [0.1, 0.15) is 58.6 Å². The van der Waals surface area contributed by atoms with Crippen LogP contribution in [-0.2, 0) is 16.0 Å². The number of carbonyl (C=O) groups excluding carboxylic acids is 2. The van der Waals surface area contributed by atoms with Gasteiger partial charge in [0.1, 0.15) is 23.0 Å². The minimum absolute atomic E-state index is 0.281. The van der Waals surface area contributed by atoms with Gasteiger partial charge in [0, 0.05) is 17.0 Å². The molecule has 0 spiro atoms. The molecule has 0 saturated carbocycles. The first kappa shape index (κ1) is 22.5. The normalized spacial score (nSPS) is 12.5. The molecule has 0 aliphatic heterocycles. The van der Waals surface area contributed by atoms with E-state index < -0.39 is 29.3 Å². The van der Waals surface area contributed by atoms with Gasteiger partial charge in [-0.2, -0.15) is 0 Å². The van der Waals surface area contributed by atoms with Crippen LogP contribution < -0.4 is 15.7 Å². The van der Waals surface area contributed by atoms with Gasteiger partial charge in [-0.05, 0) is 58.2 Å². The largest absolute Gasteiger partial charge is 0.444 e. The van der Waals surface area contributed by atoms with Crippen LogP contribution in [0.5, 0.6) is 5.75 Å². The van der Waals surface area contributed by atoms with Crippen LogP contribution in [0.25, 0.3) is 11.0 Å². The van der Waals surface area contributed by atoms with Gasteiger partial charge in [0.25, 0.3) is 0 Å². The lowest BCUT2D eigenvalue weighted by atomic mass is 10.0. The van der Waals surface area contributed by atoms with Crippen LogP contribution in [0, 0.1) is 6.92 Å². The van der Waals surface area contributed by atoms with Gasteiger partial charge < -0.3 is 19.2 Å². The number of benzene rings is 1. The molecular formula is C22H29NO6. The van der Waals surface area contributed by atoms with Gasteiger partial charge in [-0.1, -0.05) is 20.3 Å². The molecule has 1 aromatic carbocycles. The fourth-order valence-electron chi connectivity index (χ4n) is 2.95. The van der Waals surface area contributed by atoms with Gasteiger partial charge in [0.2, 0.25) is 0 Å². The van der Waals surface area contributed by atoms with E-state index in [2.05, 4.69) is 5.32 Å². The minimum Gasteiger partial charge on any atom is -0.444 e. The van der Waals surface area contributed by atoms with E-state index >= 15 is 0 Å². The third-order valence-corrected chi connectivity index (χ3v) is 4.31. The molecule has 0 radical (unpaired) electrons. The summed E-state index contributed by atoms with van der Waals surface area (Å²) < 4.78 is 16.1. The number of ether oxygens (including phenoxy) is 2. The third kappa shape index (κ3) is 5.82. The number of aryl methyl sites for hydroxylation is 2. The lowest BCUT2D eigenvalue weighted by Crippen LogP contribution is -2.44. The first-order chi connectivity index (χ1) is 13.6. The fourth-order valence-corrected chi connectivity index (χ4v) is 2.95. The Balaban J connectivity index is 2.26. The zero-order valence-corrected chi connectivity index (χ0v) is 17.9. The quantitative estimate of drug-likeness (QED) is 0.440. The van der Waals surface area contributed by atoms with E-state index in [-0.39, 0.29) is 5.75 Å². The summed E-state index contributed by atoms with van der Waals surface area (Å²) in [5.41, 5.74) is 0.746. The van der Waals surface area contributed by atoms with Crippen molar-refractivity contribution in [1.29, 1.82) is 0 Å². The van der Waals surface area contributed by atoms with Gasteiger partial charge in [-0.15, -0.1) is 0 Å². The minimum atomic E-state index is -0.863. The summed E-state index contributed by atoms with van der Waals surface area (Å²) in [5.74, 6) is -0.336. The number of amides is 1. The average molecular weight is 403 g/mol. The number of rotatable bonds is 6. The summed E-state index contributed by atoms with van der Waals surface area (Å²) in [7, 11) is 0. The molecule has 29 heavy (non-hydrogen) atoms. The van der Waals surface area contributed by atoms with E-state index in [1.165, 1.54) is 6.07 Å². The summed E-state index contributed by atoms with van der Waals surface area (Å²) in [6.45, 7) is 10.7. The highest BCUT2D eigenvalue weighted by Gasteiger charge is 2.25. The summed E-state index contributed by atoms with van der Waals surface area (Å²) in [4.78, 5) is 36.5. The Hall–Kier alpha value is -2.83. The Morgan fingerprint density at radius 1 is 1.21 bits per heavy atom. The SMILES string of the molecule is CCCc1cc(=O)oc2c(C)c(OC(=O)[C@@H](CC)NC(=O)OC(C)(C)C)ccc12. The monoisotopic (exact) mass is 403 g/mol. The maximum absolute atomic E-state index is 12.6. The van der Waals surface area contributed by atoms with Crippen molar-refractivity contribution in [3.05, 3.63) is 39.7 Å². The van der Waals surface area contributed by atoms with Gasteiger partial charge >= 0.3 is 17.7 Å². The first-order valence-corrected chi connectivity index (χ1v) is 9.83. The number of hydrogen-bond acceptors (Lipinski definition) is 6. The van der Waals surface area contributed by atoms with Crippen molar-refractivity contribution >= 4 is 23.0 Å². The van der Waals surface area contributed by atoms with Crippen LogP contribution in [0.15, 0.2) is 27.4 Å². The van der Waals surface area contributed by atoms with Crippen molar-refractivity contribution in [2.75, 3.05) is 0 Å². The van der Waals surface area contributed by atoms with Gasteiger partial charge in [-0.25, -0.2) is 14.4 Å². The van der Waals surface area contributed by atoms with Crippen molar-refractivity contribution in [3.63, 3.8) is 0 Å². The second-order valence-electron chi connectivity index (χ2n) is 7.93. The van der Waals surface area contributed by atoms with Crippen molar-refractivity contribution in [1.82, 2.24) is 5.32 Å². The smallest absolute Gasteiger partial charge is 0.408 e. The summed E-state index contributed by atoms with van der Waals surface area (Å²) in [5, 5.41) is 3.35. The lowest BCUT2D eigenvalue weighted by Gasteiger charge is -2.22. The molecular weight excluding hydrogens is 374 g/mol. The molecule has 1 aromatic heterocycles. The van der Waals surface area contributed by atoms with E-state index in [0.29, 0.717) is 17.6 Å². The Morgan fingerprint density at radius 3 is 2.48 bits per heavy atom. The molecule has 0 bridgehead atoms. The molecule has 7 heteroatoms. The highest BCUT2D eigenvalue weighted by atomic mass is 16.6. The van der Waals surface area contributed by atoms with E-state index in [4.69, 9.17) is 13.9 Å². The molecule has 0 unspecified atom stereocenters. The maximum Gasteiger partial charge on any atom is 0.408 e. The van der Waals surface area contributed by atoms with Crippen molar-refractivity contribution < 1.29 is 23.5 Å². The number of carbonyl (C=O) groups is 2. The van der Waals surface area contributed by atoms with Crippen molar-refractivity contribution in [2.45, 2.75) is 72.4 Å². The first-order valence-electron chi connectivity index (χ1n) is 9.83. The predicted molar refractivity (Wildman–Crippen MR) is 110 cm³/mol. The summed E-state index contributed by atoms with van der Waals surface area (Å²) >= 11 is 0. The lowest BCUT2D eigenvalue weighted by molar-refractivity contribution is -0.136. The molecule has 1 amide bonds. The zero-order chi connectivity index (χ0) is 21.8. The Labute approximate surface area is 170 Å². The molecule has 0 fully saturated rings. The molecule has 1 N–H and O–H groups in total. The number of esters is 1. The zero-order valence-electron chi connectivity index (χ0n) is 17.9. The molecule has 7 nitrogen and oxygen atoms in total. The Kier molecular flexibility index (Phi) is 7.06. The van der Waals surface area contributed by atoms with Crippen LogP contribution in [0.2, 0.25) is 0 Å². The third-order valence-electron chi connectivity index (χ3n) is 4.31. The van der Waals surface area contributed by atoms with Crippen LogP contribution in [0.4, 0.5) is 4.79 Å². The van der Waals surface area contributed by atoms with E-state index in [0.717, 1.165) is 23.8 Å². The maximum atomic E-state index is 12.6. The second-order valence-corrected chi connectivity index (χ2v) is 7.93. The van der Waals surface area contributed by atoms with Gasteiger partial charge in [0.15, 0.2) is 0 Å². The molecule has 2 rings (SSSR count). The topological polar surface area (TPSA) is 94.8 Å². The fraction of sp³-hybridized carbons (Fsp3) is 0.500. The van der Waals surface area contributed by atoms with Crippen molar-refractivity contribution in [2.24, 2.45) is 0 Å². The molecule has 0 aliphatic carbocycles. The highest BCUT2D eigenvalue weighted by Crippen LogP contribution is 2.29. The molecule has 2 aromatic rings. The Morgan fingerprint density at radius 2 is 1.90 bits per heavy atom. The van der Waals surface area contributed by atoms with Crippen LogP contribution in [-0.4, -0.2) is 23.7 Å². The average Bonchev–Trinajstić information content (AvgIpc) is 2.61. The van der Waals surface area contributed by atoms with Gasteiger partial charge in [-0.3, -0.25) is 0 Å². The van der Waals surface area contributed by atoms with Crippen LogP contribution in [0.3, 0.4) is 0 Å². The van der Waals surface area contributed by atoms with Gasteiger partial charge in [0.05, 0.1) is 0 Å². The van der Waals surface area contributed by atoms with E-state index in [1.807, 2.05) is 6.92 Å². The summed E-state index contributed by atoms with van der Waals surface area (Å²) in [6.07, 6.45) is 1.29. The second kappa shape index (κ2) is 9.11. The highest BCUT2D eigenvalue weighted by molar-refractivity contribution is 5.87. The number of nitrogens with one attached hydrogen (secondary N) is 1. The number of alkyl carbamates (subject to hydrolysis) is 1. The molecule has 1 atom stereocenters. The van der Waals surface area contributed by atoms with E-state index in [9.17, 15) is 14.4 Å². The molecule has 0 saturated heterocycles. The summed E-state index contributed by atoms with van der Waals surface area (Å²) in [6, 6.07) is 4.09. The van der Waals surface area contributed by atoms with Crippen molar-refractivity contribution in [3.8, 4) is 5.75 Å². The molecule has 0 aliphatic rings. The molecule has 158 valence electrons. The predicted octanol–water partition coefficient (Wildman–Crippen LogP) is 4.26. The van der Waals surface area contributed by atoms with E-state index in [1.54, 1.807) is 46.8 Å². The molecule has 1 heterocycles. The number of hydrogen-bond donors (Lipinski definition) is 1. The van der Waals surface area contributed by atoms with Crippen LogP contribution >= 0.6 is 0 Å².